The van der Waals surface area contributed by atoms with Gasteiger partial charge in [-0.1, -0.05) is 12.1 Å². The SMILES string of the molecule is Cc1ccc(C)c(N2C(C)CCN(C)CC2CO)c1. The molecule has 2 rings (SSSR count). The van der Waals surface area contributed by atoms with E-state index in [4.69, 9.17) is 0 Å². The number of benzene rings is 1. The molecule has 1 aliphatic heterocycles. The normalized spacial score (nSPS) is 25.4. The van der Waals surface area contributed by atoms with Gasteiger partial charge in [-0.15, -0.1) is 0 Å². The van der Waals surface area contributed by atoms with Crippen LogP contribution in [0.5, 0.6) is 0 Å². The Morgan fingerprint density at radius 2 is 2.05 bits per heavy atom. The molecule has 1 aromatic rings. The molecule has 0 aliphatic carbocycles. The number of hydrogen-bond acceptors (Lipinski definition) is 3. The van der Waals surface area contributed by atoms with Crippen molar-refractivity contribution in [1.82, 2.24) is 4.90 Å². The lowest BCUT2D eigenvalue weighted by Gasteiger charge is -2.37. The lowest BCUT2D eigenvalue weighted by molar-refractivity contribution is 0.228. The summed E-state index contributed by atoms with van der Waals surface area (Å²) in [6, 6.07) is 7.23. The Morgan fingerprint density at radius 3 is 2.74 bits per heavy atom. The molecular weight excluding hydrogens is 236 g/mol. The first-order chi connectivity index (χ1) is 9.02. The van der Waals surface area contributed by atoms with Crippen LogP contribution in [0, 0.1) is 13.8 Å². The summed E-state index contributed by atoms with van der Waals surface area (Å²) in [4.78, 5) is 4.74. The van der Waals surface area contributed by atoms with Gasteiger partial charge < -0.3 is 14.9 Å². The summed E-state index contributed by atoms with van der Waals surface area (Å²) in [6.45, 7) is 8.79. The van der Waals surface area contributed by atoms with Gasteiger partial charge in [0.1, 0.15) is 0 Å². The number of aliphatic hydroxyl groups excluding tert-OH is 1. The van der Waals surface area contributed by atoms with E-state index in [9.17, 15) is 5.11 Å². The minimum absolute atomic E-state index is 0.183. The van der Waals surface area contributed by atoms with E-state index in [0.29, 0.717) is 6.04 Å². The Morgan fingerprint density at radius 1 is 1.32 bits per heavy atom. The highest BCUT2D eigenvalue weighted by atomic mass is 16.3. The molecule has 0 saturated carbocycles. The summed E-state index contributed by atoms with van der Waals surface area (Å²) >= 11 is 0. The van der Waals surface area contributed by atoms with Crippen LogP contribution >= 0.6 is 0 Å². The molecule has 1 fully saturated rings. The van der Waals surface area contributed by atoms with Crippen LogP contribution in [0.2, 0.25) is 0 Å². The summed E-state index contributed by atoms with van der Waals surface area (Å²) in [5.41, 5.74) is 3.85. The average Bonchev–Trinajstić information content (AvgIpc) is 2.52. The molecule has 1 saturated heterocycles. The van der Waals surface area contributed by atoms with Crippen molar-refractivity contribution < 1.29 is 5.11 Å². The van der Waals surface area contributed by atoms with Gasteiger partial charge in [-0.3, -0.25) is 0 Å². The third-order valence-corrected chi connectivity index (χ3v) is 4.17. The second-order valence-corrected chi connectivity index (χ2v) is 5.93. The van der Waals surface area contributed by atoms with Gasteiger partial charge in [0.2, 0.25) is 0 Å². The molecule has 0 bridgehead atoms. The van der Waals surface area contributed by atoms with Crippen molar-refractivity contribution in [2.45, 2.75) is 39.3 Å². The van der Waals surface area contributed by atoms with Crippen LogP contribution in [-0.2, 0) is 0 Å². The van der Waals surface area contributed by atoms with Gasteiger partial charge in [0.05, 0.1) is 12.6 Å². The molecule has 19 heavy (non-hydrogen) atoms. The Balaban J connectivity index is 2.39. The van der Waals surface area contributed by atoms with Gasteiger partial charge >= 0.3 is 0 Å². The van der Waals surface area contributed by atoms with Gasteiger partial charge in [0.15, 0.2) is 0 Å². The van der Waals surface area contributed by atoms with E-state index in [1.54, 1.807) is 0 Å². The second-order valence-electron chi connectivity index (χ2n) is 5.93. The monoisotopic (exact) mass is 262 g/mol. The minimum atomic E-state index is 0.183. The van der Waals surface area contributed by atoms with Crippen molar-refractivity contribution in [2.75, 3.05) is 31.6 Å². The van der Waals surface area contributed by atoms with Gasteiger partial charge in [-0.25, -0.2) is 0 Å². The highest BCUT2D eigenvalue weighted by Crippen LogP contribution is 2.28. The number of rotatable bonds is 2. The zero-order valence-electron chi connectivity index (χ0n) is 12.6. The molecule has 0 amide bonds. The zero-order chi connectivity index (χ0) is 14.0. The van der Waals surface area contributed by atoms with E-state index in [2.05, 4.69) is 55.8 Å². The molecule has 106 valence electrons. The summed E-state index contributed by atoms with van der Waals surface area (Å²) in [5.74, 6) is 0. The number of anilines is 1. The zero-order valence-corrected chi connectivity index (χ0v) is 12.6. The predicted octanol–water partition coefficient (Wildman–Crippen LogP) is 2.19. The van der Waals surface area contributed by atoms with Gasteiger partial charge in [-0.2, -0.15) is 0 Å². The first-order valence-corrected chi connectivity index (χ1v) is 7.18. The molecule has 2 atom stereocenters. The van der Waals surface area contributed by atoms with E-state index in [0.717, 1.165) is 19.5 Å². The third-order valence-electron chi connectivity index (χ3n) is 4.17. The Hall–Kier alpha value is -1.06. The first kappa shape index (κ1) is 14.4. The molecule has 1 N–H and O–H groups in total. The van der Waals surface area contributed by atoms with Crippen molar-refractivity contribution in [3.8, 4) is 0 Å². The second kappa shape index (κ2) is 5.93. The number of likely N-dealkylation sites (N-methyl/N-ethyl adjacent to an activating group) is 1. The largest absolute Gasteiger partial charge is 0.394 e. The van der Waals surface area contributed by atoms with Gasteiger partial charge in [0, 0.05) is 18.3 Å². The Kier molecular flexibility index (Phi) is 4.48. The molecule has 0 spiro atoms. The summed E-state index contributed by atoms with van der Waals surface area (Å²) in [6.07, 6.45) is 1.14. The topological polar surface area (TPSA) is 26.7 Å². The van der Waals surface area contributed by atoms with E-state index in [1.165, 1.54) is 16.8 Å². The van der Waals surface area contributed by atoms with Gasteiger partial charge in [0.25, 0.3) is 0 Å². The molecule has 0 aromatic heterocycles. The van der Waals surface area contributed by atoms with E-state index < -0.39 is 0 Å². The third kappa shape index (κ3) is 3.10. The maximum atomic E-state index is 9.78. The van der Waals surface area contributed by atoms with E-state index in [1.807, 2.05) is 0 Å². The highest BCUT2D eigenvalue weighted by Gasteiger charge is 2.28. The number of aliphatic hydroxyl groups is 1. The van der Waals surface area contributed by atoms with Crippen LogP contribution in [0.4, 0.5) is 5.69 Å². The summed E-state index contributed by atoms with van der Waals surface area (Å²) < 4.78 is 0. The van der Waals surface area contributed by atoms with E-state index >= 15 is 0 Å². The van der Waals surface area contributed by atoms with Crippen molar-refractivity contribution in [1.29, 1.82) is 0 Å². The standard InChI is InChI=1S/C16H26N2O/c1-12-5-6-13(2)16(9-12)18-14(3)7-8-17(4)10-15(18)11-19/h5-6,9,14-15,19H,7-8,10-11H2,1-4H3. The van der Waals surface area contributed by atoms with Crippen molar-refractivity contribution in [3.05, 3.63) is 29.3 Å². The molecule has 3 heteroatoms. The summed E-state index contributed by atoms with van der Waals surface area (Å²) in [7, 11) is 2.14. The molecule has 0 radical (unpaired) electrons. The van der Waals surface area contributed by atoms with Crippen LogP contribution in [0.3, 0.4) is 0 Å². The molecular formula is C16H26N2O. The fourth-order valence-electron chi connectivity index (χ4n) is 3.02. The maximum absolute atomic E-state index is 9.78. The molecule has 1 heterocycles. The highest BCUT2D eigenvalue weighted by molar-refractivity contribution is 5.56. The van der Waals surface area contributed by atoms with Crippen LogP contribution in [0.25, 0.3) is 0 Å². The number of nitrogens with zero attached hydrogens (tertiary/aromatic N) is 2. The van der Waals surface area contributed by atoms with Gasteiger partial charge in [-0.05, 0) is 58.0 Å². The van der Waals surface area contributed by atoms with Crippen LogP contribution < -0.4 is 4.90 Å². The number of hydrogen-bond donors (Lipinski definition) is 1. The average molecular weight is 262 g/mol. The fourth-order valence-corrected chi connectivity index (χ4v) is 3.02. The lowest BCUT2D eigenvalue weighted by atomic mass is 10.0. The predicted molar refractivity (Wildman–Crippen MR) is 80.8 cm³/mol. The van der Waals surface area contributed by atoms with Crippen molar-refractivity contribution in [2.24, 2.45) is 0 Å². The number of aryl methyl sites for hydroxylation is 2. The van der Waals surface area contributed by atoms with Crippen molar-refractivity contribution >= 4 is 5.69 Å². The lowest BCUT2D eigenvalue weighted by Crippen LogP contribution is -2.46. The fraction of sp³-hybridized carbons (Fsp3) is 0.625. The summed E-state index contributed by atoms with van der Waals surface area (Å²) in [5, 5.41) is 9.78. The first-order valence-electron chi connectivity index (χ1n) is 7.18. The molecule has 1 aliphatic rings. The smallest absolute Gasteiger partial charge is 0.0650 e. The molecule has 2 unspecified atom stereocenters. The van der Waals surface area contributed by atoms with Crippen LogP contribution in [-0.4, -0.2) is 48.8 Å². The molecule has 1 aromatic carbocycles. The Bertz CT molecular complexity index is 433. The van der Waals surface area contributed by atoms with Crippen LogP contribution in [0.1, 0.15) is 24.5 Å². The Labute approximate surface area is 116 Å². The van der Waals surface area contributed by atoms with E-state index in [-0.39, 0.29) is 12.6 Å². The maximum Gasteiger partial charge on any atom is 0.0650 e. The molecule has 3 nitrogen and oxygen atoms in total. The quantitative estimate of drug-likeness (QED) is 0.885. The van der Waals surface area contributed by atoms with Crippen LogP contribution in [0.15, 0.2) is 18.2 Å². The van der Waals surface area contributed by atoms with Crippen molar-refractivity contribution in [3.63, 3.8) is 0 Å². The minimum Gasteiger partial charge on any atom is -0.394 e.